The number of hydrogen-bond acceptors (Lipinski definition) is 3. The van der Waals surface area contributed by atoms with Crippen LogP contribution in [0, 0.1) is 13.8 Å². The third-order valence-corrected chi connectivity index (χ3v) is 4.31. The number of aliphatic hydroxyl groups is 1. The summed E-state index contributed by atoms with van der Waals surface area (Å²) in [4.78, 5) is 13.3. The van der Waals surface area contributed by atoms with Crippen LogP contribution in [0.25, 0.3) is 0 Å². The molecule has 1 aliphatic heterocycles. The maximum Gasteiger partial charge on any atom is 0.417 e. The van der Waals surface area contributed by atoms with E-state index in [1.165, 1.54) is 4.90 Å². The SMILES string of the molecule is Cc1ccc(OCC(=O)N2CCC(O)(C(F)(F)F)CC2)cc1C. The standard InChI is InChI=1S/C16H20F3NO3/c1-11-3-4-13(9-12(11)2)23-10-14(21)20-7-5-15(22,6-8-20)16(17,18)19/h3-4,9,22H,5-8,10H2,1-2H3. The molecule has 0 aromatic heterocycles. The minimum absolute atomic E-state index is 0.134. The fourth-order valence-corrected chi connectivity index (χ4v) is 2.45. The van der Waals surface area contributed by atoms with Crippen LogP contribution >= 0.6 is 0 Å². The lowest BCUT2D eigenvalue weighted by molar-refractivity contribution is -0.272. The van der Waals surface area contributed by atoms with Gasteiger partial charge in [0.2, 0.25) is 0 Å². The summed E-state index contributed by atoms with van der Waals surface area (Å²) in [5.41, 5.74) is -0.562. The van der Waals surface area contributed by atoms with Gasteiger partial charge in [-0.25, -0.2) is 0 Å². The van der Waals surface area contributed by atoms with E-state index in [-0.39, 0.29) is 25.6 Å². The molecule has 0 saturated carbocycles. The van der Waals surface area contributed by atoms with Gasteiger partial charge in [0.1, 0.15) is 5.75 Å². The summed E-state index contributed by atoms with van der Waals surface area (Å²) in [6.45, 7) is 3.38. The Bertz CT molecular complexity index is 578. The smallest absolute Gasteiger partial charge is 0.417 e. The highest BCUT2D eigenvalue weighted by atomic mass is 19.4. The molecule has 0 spiro atoms. The predicted octanol–water partition coefficient (Wildman–Crippen LogP) is 2.60. The average Bonchev–Trinajstić information content (AvgIpc) is 2.48. The molecule has 23 heavy (non-hydrogen) atoms. The zero-order chi connectivity index (χ0) is 17.3. The number of aryl methyl sites for hydroxylation is 2. The van der Waals surface area contributed by atoms with Gasteiger partial charge in [-0.05, 0) is 37.1 Å². The lowest BCUT2D eigenvalue weighted by atomic mass is 9.91. The Labute approximate surface area is 132 Å². The molecule has 1 N–H and O–H groups in total. The van der Waals surface area contributed by atoms with Gasteiger partial charge in [-0.2, -0.15) is 13.2 Å². The summed E-state index contributed by atoms with van der Waals surface area (Å²) in [6, 6.07) is 5.43. The number of likely N-dealkylation sites (tertiary alicyclic amines) is 1. The fourth-order valence-electron chi connectivity index (χ4n) is 2.45. The van der Waals surface area contributed by atoms with Gasteiger partial charge in [0, 0.05) is 25.9 Å². The zero-order valence-electron chi connectivity index (χ0n) is 13.1. The van der Waals surface area contributed by atoms with Gasteiger partial charge in [-0.3, -0.25) is 4.79 Å². The first-order chi connectivity index (χ1) is 10.6. The van der Waals surface area contributed by atoms with E-state index in [0.29, 0.717) is 5.75 Å². The Kier molecular flexibility index (Phi) is 4.89. The first-order valence-corrected chi connectivity index (χ1v) is 7.39. The highest BCUT2D eigenvalue weighted by molar-refractivity contribution is 5.77. The molecule has 1 aromatic carbocycles. The Morgan fingerprint density at radius 3 is 2.39 bits per heavy atom. The van der Waals surface area contributed by atoms with Gasteiger partial charge >= 0.3 is 6.18 Å². The second-order valence-electron chi connectivity index (χ2n) is 5.94. The normalized spacial score (nSPS) is 17.9. The van der Waals surface area contributed by atoms with E-state index in [1.807, 2.05) is 19.9 Å². The van der Waals surface area contributed by atoms with E-state index in [9.17, 15) is 23.1 Å². The topological polar surface area (TPSA) is 49.8 Å². The number of hydrogen-bond donors (Lipinski definition) is 1. The number of amides is 1. The fraction of sp³-hybridized carbons (Fsp3) is 0.562. The molecular formula is C16H20F3NO3. The van der Waals surface area contributed by atoms with Crippen molar-refractivity contribution in [2.75, 3.05) is 19.7 Å². The van der Waals surface area contributed by atoms with E-state index in [2.05, 4.69) is 0 Å². The number of carbonyl (C=O) groups excluding carboxylic acids is 1. The average molecular weight is 331 g/mol. The first-order valence-electron chi connectivity index (χ1n) is 7.39. The molecule has 1 aliphatic rings. The van der Waals surface area contributed by atoms with Gasteiger partial charge in [-0.1, -0.05) is 6.07 Å². The Balaban J connectivity index is 1.87. The summed E-state index contributed by atoms with van der Waals surface area (Å²) in [5.74, 6) is 0.165. The van der Waals surface area contributed by atoms with E-state index in [4.69, 9.17) is 4.74 Å². The number of benzene rings is 1. The second kappa shape index (κ2) is 6.39. The maximum atomic E-state index is 12.7. The van der Waals surface area contributed by atoms with Crippen molar-refractivity contribution >= 4 is 5.91 Å². The van der Waals surface area contributed by atoms with E-state index < -0.39 is 24.6 Å². The Morgan fingerprint density at radius 1 is 1.26 bits per heavy atom. The monoisotopic (exact) mass is 331 g/mol. The number of alkyl halides is 3. The van der Waals surface area contributed by atoms with Gasteiger partial charge < -0.3 is 14.7 Å². The van der Waals surface area contributed by atoms with E-state index in [1.54, 1.807) is 12.1 Å². The van der Waals surface area contributed by atoms with Gasteiger partial charge in [0.15, 0.2) is 12.2 Å². The lowest BCUT2D eigenvalue weighted by Gasteiger charge is -2.39. The third-order valence-electron chi connectivity index (χ3n) is 4.31. The minimum atomic E-state index is -4.67. The van der Waals surface area contributed by atoms with Gasteiger partial charge in [-0.15, -0.1) is 0 Å². The quantitative estimate of drug-likeness (QED) is 0.926. The van der Waals surface area contributed by atoms with Crippen molar-refractivity contribution in [1.29, 1.82) is 0 Å². The number of carbonyl (C=O) groups is 1. The van der Waals surface area contributed by atoms with Crippen LogP contribution in [-0.4, -0.2) is 47.4 Å². The van der Waals surface area contributed by atoms with Crippen molar-refractivity contribution in [3.63, 3.8) is 0 Å². The molecule has 128 valence electrons. The molecule has 1 aromatic rings. The zero-order valence-corrected chi connectivity index (χ0v) is 13.1. The summed E-state index contributed by atoms with van der Waals surface area (Å²) in [6.07, 6.45) is -5.68. The van der Waals surface area contributed by atoms with Crippen LogP contribution in [-0.2, 0) is 4.79 Å². The van der Waals surface area contributed by atoms with Crippen LogP contribution in [0.5, 0.6) is 5.75 Å². The number of nitrogens with zero attached hydrogens (tertiary/aromatic N) is 1. The van der Waals surface area contributed by atoms with Crippen LogP contribution in [0.3, 0.4) is 0 Å². The summed E-state index contributed by atoms with van der Waals surface area (Å²) >= 11 is 0. The highest BCUT2D eigenvalue weighted by Crippen LogP contribution is 2.38. The third kappa shape index (κ3) is 3.96. The summed E-state index contributed by atoms with van der Waals surface area (Å²) in [5, 5.41) is 9.58. The van der Waals surface area contributed by atoms with Crippen molar-refractivity contribution in [3.8, 4) is 5.75 Å². The van der Waals surface area contributed by atoms with Crippen molar-refractivity contribution in [2.24, 2.45) is 0 Å². The van der Waals surface area contributed by atoms with Crippen LogP contribution in [0.2, 0.25) is 0 Å². The molecule has 1 saturated heterocycles. The van der Waals surface area contributed by atoms with Gasteiger partial charge in [0.25, 0.3) is 5.91 Å². The second-order valence-corrected chi connectivity index (χ2v) is 5.94. The van der Waals surface area contributed by atoms with Crippen LogP contribution < -0.4 is 4.74 Å². The number of halogens is 3. The predicted molar refractivity (Wildman–Crippen MR) is 78.2 cm³/mol. The molecule has 0 unspecified atom stereocenters. The van der Waals surface area contributed by atoms with E-state index >= 15 is 0 Å². The molecule has 0 bridgehead atoms. The maximum absolute atomic E-state index is 12.7. The molecular weight excluding hydrogens is 311 g/mol. The first kappa shape index (κ1) is 17.6. The number of rotatable bonds is 3. The van der Waals surface area contributed by atoms with Crippen molar-refractivity contribution in [2.45, 2.75) is 38.5 Å². The van der Waals surface area contributed by atoms with Crippen molar-refractivity contribution < 1.29 is 27.8 Å². The van der Waals surface area contributed by atoms with Crippen molar-refractivity contribution in [1.82, 2.24) is 4.90 Å². The highest BCUT2D eigenvalue weighted by Gasteiger charge is 2.54. The molecule has 2 rings (SSSR count). The number of piperidine rings is 1. The number of ether oxygens (including phenoxy) is 1. The van der Waals surface area contributed by atoms with Crippen LogP contribution in [0.1, 0.15) is 24.0 Å². The molecule has 1 amide bonds. The lowest BCUT2D eigenvalue weighted by Crippen LogP contribution is -2.54. The van der Waals surface area contributed by atoms with Crippen LogP contribution in [0.15, 0.2) is 18.2 Å². The molecule has 0 aliphatic carbocycles. The van der Waals surface area contributed by atoms with Crippen molar-refractivity contribution in [3.05, 3.63) is 29.3 Å². The molecule has 1 heterocycles. The Morgan fingerprint density at radius 2 is 1.87 bits per heavy atom. The molecule has 0 atom stereocenters. The minimum Gasteiger partial charge on any atom is -0.484 e. The Hall–Kier alpha value is -1.76. The largest absolute Gasteiger partial charge is 0.484 e. The molecule has 0 radical (unpaired) electrons. The molecule has 4 nitrogen and oxygen atoms in total. The summed E-state index contributed by atoms with van der Waals surface area (Å²) in [7, 11) is 0. The molecule has 1 fully saturated rings. The molecule has 7 heteroatoms. The summed E-state index contributed by atoms with van der Waals surface area (Å²) < 4.78 is 43.5. The van der Waals surface area contributed by atoms with Crippen LogP contribution in [0.4, 0.5) is 13.2 Å². The van der Waals surface area contributed by atoms with E-state index in [0.717, 1.165) is 11.1 Å². The van der Waals surface area contributed by atoms with Gasteiger partial charge in [0.05, 0.1) is 0 Å².